The Balaban J connectivity index is 1.89. The van der Waals surface area contributed by atoms with Gasteiger partial charge >= 0.3 is 0 Å². The van der Waals surface area contributed by atoms with Crippen molar-refractivity contribution in [1.82, 2.24) is 4.90 Å². The van der Waals surface area contributed by atoms with Gasteiger partial charge in [-0.3, -0.25) is 9.69 Å². The summed E-state index contributed by atoms with van der Waals surface area (Å²) in [4.78, 5) is 14.2. The maximum atomic E-state index is 12.1. The van der Waals surface area contributed by atoms with Crippen molar-refractivity contribution in [2.45, 2.75) is 12.8 Å². The lowest BCUT2D eigenvalue weighted by Crippen LogP contribution is -2.39. The highest BCUT2D eigenvalue weighted by Gasteiger charge is 2.20. The van der Waals surface area contributed by atoms with Crippen LogP contribution >= 0.6 is 11.6 Å². The standard InChI is InChI=1S/C15H21ClN2O3/c1-21-14-3-2-12(16)8-13(14)17-15(20)9-18-6-4-11(10-19)5-7-18/h2-3,8,11,19H,4-7,9-10H2,1H3,(H,17,20). The minimum absolute atomic E-state index is 0.0852. The predicted molar refractivity (Wildman–Crippen MR) is 82.9 cm³/mol. The Kier molecular flexibility index (Phi) is 5.85. The molecule has 0 unspecified atom stereocenters. The van der Waals surface area contributed by atoms with E-state index in [2.05, 4.69) is 10.2 Å². The molecular formula is C15H21ClN2O3. The third-order valence-electron chi connectivity index (χ3n) is 3.77. The van der Waals surface area contributed by atoms with Gasteiger partial charge in [0, 0.05) is 11.6 Å². The number of aliphatic hydroxyl groups excluding tert-OH is 1. The molecule has 6 heteroatoms. The monoisotopic (exact) mass is 312 g/mol. The Morgan fingerprint density at radius 1 is 1.48 bits per heavy atom. The molecule has 1 aliphatic heterocycles. The first-order valence-electron chi connectivity index (χ1n) is 7.09. The van der Waals surface area contributed by atoms with E-state index in [1.54, 1.807) is 25.3 Å². The highest BCUT2D eigenvalue weighted by molar-refractivity contribution is 6.31. The van der Waals surface area contributed by atoms with E-state index in [0.717, 1.165) is 25.9 Å². The van der Waals surface area contributed by atoms with Gasteiger partial charge in [-0.15, -0.1) is 0 Å². The minimum Gasteiger partial charge on any atom is -0.495 e. The van der Waals surface area contributed by atoms with E-state index >= 15 is 0 Å². The first-order chi connectivity index (χ1) is 10.1. The maximum Gasteiger partial charge on any atom is 0.238 e. The summed E-state index contributed by atoms with van der Waals surface area (Å²) in [6.45, 7) is 2.25. The van der Waals surface area contributed by atoms with Gasteiger partial charge in [0.05, 0.1) is 19.3 Å². The van der Waals surface area contributed by atoms with Gasteiger partial charge in [-0.05, 0) is 50.0 Å². The number of hydrogen-bond acceptors (Lipinski definition) is 4. The third-order valence-corrected chi connectivity index (χ3v) is 4.00. The molecule has 1 heterocycles. The molecule has 21 heavy (non-hydrogen) atoms. The van der Waals surface area contributed by atoms with Gasteiger partial charge in [0.2, 0.25) is 5.91 Å². The molecule has 0 aliphatic carbocycles. The molecule has 0 spiro atoms. The van der Waals surface area contributed by atoms with Crippen LogP contribution in [-0.4, -0.2) is 49.3 Å². The van der Waals surface area contributed by atoms with Crippen molar-refractivity contribution in [3.8, 4) is 5.75 Å². The fourth-order valence-electron chi connectivity index (χ4n) is 2.50. The van der Waals surface area contributed by atoms with Crippen LogP contribution in [-0.2, 0) is 4.79 Å². The quantitative estimate of drug-likeness (QED) is 0.873. The number of rotatable bonds is 5. The zero-order valence-electron chi connectivity index (χ0n) is 12.1. The number of likely N-dealkylation sites (tertiary alicyclic amines) is 1. The Morgan fingerprint density at radius 2 is 2.19 bits per heavy atom. The number of aliphatic hydroxyl groups is 1. The topological polar surface area (TPSA) is 61.8 Å². The number of nitrogens with one attached hydrogen (secondary N) is 1. The zero-order chi connectivity index (χ0) is 15.2. The molecule has 0 aromatic heterocycles. The number of ether oxygens (including phenoxy) is 1. The highest BCUT2D eigenvalue weighted by atomic mass is 35.5. The normalized spacial score (nSPS) is 16.7. The van der Waals surface area contributed by atoms with E-state index in [4.69, 9.17) is 21.4 Å². The molecule has 1 saturated heterocycles. The second-order valence-corrected chi connectivity index (χ2v) is 5.73. The highest BCUT2D eigenvalue weighted by Crippen LogP contribution is 2.27. The number of benzene rings is 1. The van der Waals surface area contributed by atoms with E-state index in [-0.39, 0.29) is 12.5 Å². The fourth-order valence-corrected chi connectivity index (χ4v) is 2.67. The van der Waals surface area contributed by atoms with Crippen LogP contribution < -0.4 is 10.1 Å². The summed E-state index contributed by atoms with van der Waals surface area (Å²) in [6.07, 6.45) is 1.87. The van der Waals surface area contributed by atoms with Crippen molar-refractivity contribution in [3.63, 3.8) is 0 Å². The van der Waals surface area contributed by atoms with Crippen molar-refractivity contribution in [3.05, 3.63) is 23.2 Å². The van der Waals surface area contributed by atoms with Crippen LogP contribution in [0.2, 0.25) is 5.02 Å². The van der Waals surface area contributed by atoms with Gasteiger partial charge in [-0.2, -0.15) is 0 Å². The van der Waals surface area contributed by atoms with Crippen LogP contribution in [0.4, 0.5) is 5.69 Å². The largest absolute Gasteiger partial charge is 0.495 e. The molecule has 0 atom stereocenters. The van der Waals surface area contributed by atoms with Gasteiger partial charge in [0.15, 0.2) is 0 Å². The molecule has 1 amide bonds. The van der Waals surface area contributed by atoms with Crippen molar-refractivity contribution in [2.75, 3.05) is 38.7 Å². The number of hydrogen-bond donors (Lipinski definition) is 2. The van der Waals surface area contributed by atoms with Crippen molar-refractivity contribution >= 4 is 23.2 Å². The lowest BCUT2D eigenvalue weighted by molar-refractivity contribution is -0.117. The zero-order valence-corrected chi connectivity index (χ0v) is 12.9. The second kappa shape index (κ2) is 7.64. The summed E-state index contributed by atoms with van der Waals surface area (Å²) < 4.78 is 5.21. The second-order valence-electron chi connectivity index (χ2n) is 5.29. The lowest BCUT2D eigenvalue weighted by atomic mass is 9.98. The molecule has 2 rings (SSSR count). The van der Waals surface area contributed by atoms with Crippen LogP contribution in [0.25, 0.3) is 0 Å². The third kappa shape index (κ3) is 4.59. The molecule has 0 radical (unpaired) electrons. The number of anilines is 1. The van der Waals surface area contributed by atoms with Crippen molar-refractivity contribution < 1.29 is 14.6 Å². The molecule has 116 valence electrons. The molecule has 1 aromatic rings. The van der Waals surface area contributed by atoms with E-state index in [1.165, 1.54) is 0 Å². The van der Waals surface area contributed by atoms with Gasteiger partial charge in [0.25, 0.3) is 0 Å². The Hall–Kier alpha value is -1.30. The molecule has 1 aliphatic rings. The van der Waals surface area contributed by atoms with E-state index in [9.17, 15) is 4.79 Å². The van der Waals surface area contributed by atoms with Gasteiger partial charge in [-0.1, -0.05) is 11.6 Å². The average molecular weight is 313 g/mol. The summed E-state index contributed by atoms with van der Waals surface area (Å²) in [5.74, 6) is 0.877. The number of nitrogens with zero attached hydrogens (tertiary/aromatic N) is 1. The Labute approximate surface area is 129 Å². The number of piperidine rings is 1. The first kappa shape index (κ1) is 16.1. The number of carbonyl (C=O) groups excluding carboxylic acids is 1. The van der Waals surface area contributed by atoms with Crippen LogP contribution in [0.15, 0.2) is 18.2 Å². The first-order valence-corrected chi connectivity index (χ1v) is 7.46. The smallest absolute Gasteiger partial charge is 0.238 e. The predicted octanol–water partition coefficient (Wildman–Crippen LogP) is 1.99. The molecule has 1 aromatic carbocycles. The van der Waals surface area contributed by atoms with Crippen molar-refractivity contribution in [2.24, 2.45) is 5.92 Å². The van der Waals surface area contributed by atoms with Crippen LogP contribution in [0.5, 0.6) is 5.75 Å². The maximum absolute atomic E-state index is 12.1. The summed E-state index contributed by atoms with van der Waals surface area (Å²) in [5.41, 5.74) is 0.584. The molecule has 2 N–H and O–H groups in total. The van der Waals surface area contributed by atoms with Gasteiger partial charge in [0.1, 0.15) is 5.75 Å². The SMILES string of the molecule is COc1ccc(Cl)cc1NC(=O)CN1CCC(CO)CC1. The van der Waals surface area contributed by atoms with Crippen LogP contribution in [0, 0.1) is 5.92 Å². The Bertz CT molecular complexity index is 488. The number of methoxy groups -OCH3 is 1. The van der Waals surface area contributed by atoms with Crippen LogP contribution in [0.3, 0.4) is 0 Å². The number of halogens is 1. The Morgan fingerprint density at radius 3 is 2.81 bits per heavy atom. The van der Waals surface area contributed by atoms with Gasteiger partial charge < -0.3 is 15.2 Å². The molecule has 5 nitrogen and oxygen atoms in total. The van der Waals surface area contributed by atoms with Crippen molar-refractivity contribution in [1.29, 1.82) is 0 Å². The summed E-state index contributed by atoms with van der Waals surface area (Å²) >= 11 is 5.94. The molecular weight excluding hydrogens is 292 g/mol. The van der Waals surface area contributed by atoms with E-state index < -0.39 is 0 Å². The van der Waals surface area contributed by atoms with Gasteiger partial charge in [-0.25, -0.2) is 0 Å². The summed E-state index contributed by atoms with van der Waals surface area (Å²) in [6, 6.07) is 5.12. The minimum atomic E-state index is -0.0852. The summed E-state index contributed by atoms with van der Waals surface area (Å²) in [5, 5.41) is 12.5. The number of carbonyl (C=O) groups is 1. The molecule has 1 fully saturated rings. The van der Waals surface area contributed by atoms with E-state index in [0.29, 0.717) is 28.9 Å². The van der Waals surface area contributed by atoms with Crippen LogP contribution in [0.1, 0.15) is 12.8 Å². The lowest BCUT2D eigenvalue weighted by Gasteiger charge is -2.30. The molecule has 0 bridgehead atoms. The fraction of sp³-hybridized carbons (Fsp3) is 0.533. The van der Waals surface area contributed by atoms with E-state index in [1.807, 2.05) is 0 Å². The average Bonchev–Trinajstić information content (AvgIpc) is 2.48. The summed E-state index contributed by atoms with van der Waals surface area (Å²) in [7, 11) is 1.55. The molecule has 0 saturated carbocycles. The number of amides is 1.